The first kappa shape index (κ1) is 8.14. The van der Waals surface area contributed by atoms with Gasteiger partial charge in [-0.25, -0.2) is 4.39 Å². The fourth-order valence-electron chi connectivity index (χ4n) is 0.871. The lowest BCUT2D eigenvalue weighted by Crippen LogP contribution is -1.95. The van der Waals surface area contributed by atoms with Gasteiger partial charge in [-0.1, -0.05) is 6.07 Å². The van der Waals surface area contributed by atoms with E-state index in [9.17, 15) is 4.39 Å². The largest absolute Gasteiger partial charge is 0.390 e. The molecule has 2 nitrogen and oxygen atoms in total. The van der Waals surface area contributed by atoms with Crippen LogP contribution in [0, 0.1) is 6.92 Å². The lowest BCUT2D eigenvalue weighted by Gasteiger charge is -2.01. The van der Waals surface area contributed by atoms with Crippen LogP contribution in [0.1, 0.15) is 17.0 Å². The summed E-state index contributed by atoms with van der Waals surface area (Å²) in [4.78, 5) is 3.97. The van der Waals surface area contributed by atoms with Gasteiger partial charge in [-0.2, -0.15) is 0 Å². The van der Waals surface area contributed by atoms with Crippen LogP contribution < -0.4 is 0 Å². The molecule has 0 aliphatic rings. The van der Waals surface area contributed by atoms with Crippen LogP contribution in [0.25, 0.3) is 0 Å². The van der Waals surface area contributed by atoms with Gasteiger partial charge in [0.05, 0.1) is 12.3 Å². The zero-order valence-corrected chi connectivity index (χ0v) is 6.34. The van der Waals surface area contributed by atoms with E-state index in [1.54, 1.807) is 19.1 Å². The van der Waals surface area contributed by atoms with E-state index < -0.39 is 6.67 Å². The Balaban J connectivity index is 2.99. The number of hydrogen-bond donors (Lipinski definition) is 1. The number of aliphatic hydroxyl groups excluding tert-OH is 1. The molecule has 1 N–H and O–H groups in total. The predicted molar refractivity (Wildman–Crippen MR) is 39.7 cm³/mol. The lowest BCUT2D eigenvalue weighted by molar-refractivity contribution is 0.276. The highest BCUT2D eigenvalue weighted by atomic mass is 19.1. The van der Waals surface area contributed by atoms with Crippen LogP contribution >= 0.6 is 0 Å². The monoisotopic (exact) mass is 155 g/mol. The maximum atomic E-state index is 12.1. The van der Waals surface area contributed by atoms with Crippen molar-refractivity contribution in [2.45, 2.75) is 20.2 Å². The minimum Gasteiger partial charge on any atom is -0.390 e. The number of halogens is 1. The molecule has 1 rings (SSSR count). The number of aryl methyl sites for hydroxylation is 1. The van der Waals surface area contributed by atoms with Gasteiger partial charge in [0.15, 0.2) is 0 Å². The molecule has 0 spiro atoms. The Morgan fingerprint density at radius 3 is 2.73 bits per heavy atom. The number of pyridine rings is 1. The van der Waals surface area contributed by atoms with Crippen molar-refractivity contribution in [2.24, 2.45) is 0 Å². The minimum absolute atomic E-state index is 0.0899. The molecule has 0 amide bonds. The van der Waals surface area contributed by atoms with E-state index >= 15 is 0 Å². The summed E-state index contributed by atoms with van der Waals surface area (Å²) in [6.07, 6.45) is 0. The molecule has 0 saturated heterocycles. The fraction of sp³-hybridized carbons (Fsp3) is 0.375. The zero-order valence-electron chi connectivity index (χ0n) is 6.34. The van der Waals surface area contributed by atoms with Crippen LogP contribution in [0.3, 0.4) is 0 Å². The number of hydrogen-bond acceptors (Lipinski definition) is 2. The summed E-state index contributed by atoms with van der Waals surface area (Å²) in [7, 11) is 0. The first-order valence-electron chi connectivity index (χ1n) is 3.40. The van der Waals surface area contributed by atoms with Crippen LogP contribution in [-0.2, 0) is 13.3 Å². The Labute approximate surface area is 64.7 Å². The molecule has 0 atom stereocenters. The third-order valence-corrected chi connectivity index (χ3v) is 1.56. The second-order valence-electron chi connectivity index (χ2n) is 2.34. The minimum atomic E-state index is -0.495. The SMILES string of the molecule is Cc1nc(CO)ccc1CF. The Hall–Kier alpha value is -0.960. The second-order valence-corrected chi connectivity index (χ2v) is 2.34. The van der Waals surface area contributed by atoms with Crippen LogP contribution in [0.4, 0.5) is 4.39 Å². The summed E-state index contributed by atoms with van der Waals surface area (Å²) >= 11 is 0. The van der Waals surface area contributed by atoms with Gasteiger partial charge in [0.2, 0.25) is 0 Å². The molecule has 1 heterocycles. The molecule has 0 unspecified atom stereocenters. The van der Waals surface area contributed by atoms with Crippen molar-refractivity contribution in [3.63, 3.8) is 0 Å². The van der Waals surface area contributed by atoms with Gasteiger partial charge in [-0.3, -0.25) is 4.98 Å². The molecule has 1 aromatic rings. The highest BCUT2D eigenvalue weighted by molar-refractivity contribution is 5.20. The summed E-state index contributed by atoms with van der Waals surface area (Å²) in [5, 5.41) is 8.67. The standard InChI is InChI=1S/C8H10FNO/c1-6-7(4-9)2-3-8(5-11)10-6/h2-3,11H,4-5H2,1H3. The second kappa shape index (κ2) is 3.44. The normalized spacial score (nSPS) is 10.1. The lowest BCUT2D eigenvalue weighted by atomic mass is 10.2. The molecule has 3 heteroatoms. The van der Waals surface area contributed by atoms with Crippen LogP contribution in [0.2, 0.25) is 0 Å². The Morgan fingerprint density at radius 1 is 1.55 bits per heavy atom. The van der Waals surface area contributed by atoms with Crippen LogP contribution in [0.15, 0.2) is 12.1 Å². The molecule has 1 aromatic heterocycles. The first-order valence-corrected chi connectivity index (χ1v) is 3.40. The summed E-state index contributed by atoms with van der Waals surface area (Å²) < 4.78 is 12.1. The number of rotatable bonds is 2. The number of alkyl halides is 1. The summed E-state index contributed by atoms with van der Waals surface area (Å²) in [6.45, 7) is 1.14. The van der Waals surface area contributed by atoms with Crippen molar-refractivity contribution in [2.75, 3.05) is 0 Å². The van der Waals surface area contributed by atoms with Crippen LogP contribution in [-0.4, -0.2) is 10.1 Å². The smallest absolute Gasteiger partial charge is 0.116 e. The number of aromatic nitrogens is 1. The van der Waals surface area contributed by atoms with Gasteiger partial charge < -0.3 is 5.11 Å². The van der Waals surface area contributed by atoms with Crippen molar-refractivity contribution in [1.29, 1.82) is 0 Å². The molecule has 0 aliphatic carbocycles. The predicted octanol–water partition coefficient (Wildman–Crippen LogP) is 1.35. The molecular formula is C8H10FNO. The summed E-state index contributed by atoms with van der Waals surface area (Å²) in [6, 6.07) is 3.27. The maximum Gasteiger partial charge on any atom is 0.116 e. The van der Waals surface area contributed by atoms with E-state index in [2.05, 4.69) is 4.98 Å². The maximum absolute atomic E-state index is 12.1. The molecule has 0 aromatic carbocycles. The van der Waals surface area contributed by atoms with E-state index in [-0.39, 0.29) is 6.61 Å². The van der Waals surface area contributed by atoms with Gasteiger partial charge in [0.1, 0.15) is 6.67 Å². The molecule has 0 saturated carbocycles. The Bertz CT molecular complexity index is 250. The third-order valence-electron chi connectivity index (χ3n) is 1.56. The highest BCUT2D eigenvalue weighted by Crippen LogP contribution is 2.07. The van der Waals surface area contributed by atoms with Crippen molar-refractivity contribution >= 4 is 0 Å². The Kier molecular flexibility index (Phi) is 2.54. The topological polar surface area (TPSA) is 33.1 Å². The molecule has 0 fully saturated rings. The van der Waals surface area contributed by atoms with Crippen LogP contribution in [0.5, 0.6) is 0 Å². The average Bonchev–Trinajstić information content (AvgIpc) is 2.04. The number of aliphatic hydroxyl groups is 1. The van der Waals surface area contributed by atoms with Crippen molar-refractivity contribution in [1.82, 2.24) is 4.98 Å². The molecule has 11 heavy (non-hydrogen) atoms. The van der Waals surface area contributed by atoms with E-state index in [0.717, 1.165) is 0 Å². The van der Waals surface area contributed by atoms with Gasteiger partial charge in [0.25, 0.3) is 0 Å². The van der Waals surface area contributed by atoms with Gasteiger partial charge in [0, 0.05) is 11.3 Å². The first-order chi connectivity index (χ1) is 5.27. The van der Waals surface area contributed by atoms with E-state index in [0.29, 0.717) is 17.0 Å². The van der Waals surface area contributed by atoms with E-state index in [1.165, 1.54) is 0 Å². The summed E-state index contributed by atoms with van der Waals surface area (Å²) in [5.41, 5.74) is 1.82. The van der Waals surface area contributed by atoms with E-state index in [1.807, 2.05) is 0 Å². The fourth-order valence-corrected chi connectivity index (χ4v) is 0.871. The third kappa shape index (κ3) is 1.74. The summed E-state index contributed by atoms with van der Waals surface area (Å²) in [5.74, 6) is 0. The molecule has 0 radical (unpaired) electrons. The van der Waals surface area contributed by atoms with Gasteiger partial charge in [-0.15, -0.1) is 0 Å². The average molecular weight is 155 g/mol. The molecule has 60 valence electrons. The highest BCUT2D eigenvalue weighted by Gasteiger charge is 1.99. The molecule has 0 bridgehead atoms. The quantitative estimate of drug-likeness (QED) is 0.699. The van der Waals surface area contributed by atoms with E-state index in [4.69, 9.17) is 5.11 Å². The Morgan fingerprint density at radius 2 is 2.27 bits per heavy atom. The van der Waals surface area contributed by atoms with Crippen molar-refractivity contribution in [3.05, 3.63) is 29.1 Å². The zero-order chi connectivity index (χ0) is 8.27. The van der Waals surface area contributed by atoms with Crippen molar-refractivity contribution in [3.8, 4) is 0 Å². The van der Waals surface area contributed by atoms with Crippen molar-refractivity contribution < 1.29 is 9.50 Å². The van der Waals surface area contributed by atoms with Gasteiger partial charge >= 0.3 is 0 Å². The number of nitrogens with zero attached hydrogens (tertiary/aromatic N) is 1. The van der Waals surface area contributed by atoms with Gasteiger partial charge in [-0.05, 0) is 13.0 Å². The molecular weight excluding hydrogens is 145 g/mol. The molecule has 0 aliphatic heterocycles.